The first-order valence-corrected chi connectivity index (χ1v) is 10.9. The Morgan fingerprint density at radius 1 is 1.28 bits per heavy atom. The van der Waals surface area contributed by atoms with Gasteiger partial charge in [0, 0.05) is 36.5 Å². The maximum atomic E-state index is 13.3. The van der Waals surface area contributed by atoms with Crippen LogP contribution in [0.3, 0.4) is 0 Å². The summed E-state index contributed by atoms with van der Waals surface area (Å²) >= 11 is 0. The summed E-state index contributed by atoms with van der Waals surface area (Å²) in [6.07, 6.45) is -0.474. The molecule has 0 saturated heterocycles. The largest absolute Gasteiger partial charge is 0.506 e. The topological polar surface area (TPSA) is 123 Å². The first-order chi connectivity index (χ1) is 14.9. The summed E-state index contributed by atoms with van der Waals surface area (Å²) in [5.74, 6) is -1.53. The number of carbonyl (C=O) groups is 2. The predicted molar refractivity (Wildman–Crippen MR) is 117 cm³/mol. The van der Waals surface area contributed by atoms with Crippen LogP contribution in [0.15, 0.2) is 15.3 Å². The van der Waals surface area contributed by atoms with Crippen LogP contribution in [0.25, 0.3) is 11.0 Å². The summed E-state index contributed by atoms with van der Waals surface area (Å²) in [5.41, 5.74) is -1.20. The molecule has 8 nitrogen and oxygen atoms in total. The number of aromatic hydroxyl groups is 1. The number of phenols is 1. The Labute approximate surface area is 186 Å². The SMILES string of the molecule is CC[C@H](C)C(=O)c1c2c(c3oc(=O)cc([C@@H](CC)OC(C)=O)c3c1O)CC(C(C)(C)O)O2. The molecule has 1 aliphatic rings. The summed E-state index contributed by atoms with van der Waals surface area (Å²) in [4.78, 5) is 37.3. The summed E-state index contributed by atoms with van der Waals surface area (Å²) in [6.45, 7) is 9.80. The molecule has 1 aromatic heterocycles. The predicted octanol–water partition coefficient (Wildman–Crippen LogP) is 3.82. The van der Waals surface area contributed by atoms with Crippen molar-refractivity contribution in [3.8, 4) is 11.5 Å². The number of hydrogen-bond acceptors (Lipinski definition) is 8. The number of hydrogen-bond donors (Lipinski definition) is 2. The van der Waals surface area contributed by atoms with E-state index in [9.17, 15) is 24.6 Å². The third-order valence-electron chi connectivity index (χ3n) is 6.01. The Morgan fingerprint density at radius 2 is 1.94 bits per heavy atom. The van der Waals surface area contributed by atoms with Crippen molar-refractivity contribution < 1.29 is 33.7 Å². The van der Waals surface area contributed by atoms with Crippen LogP contribution in [0.4, 0.5) is 0 Å². The lowest BCUT2D eigenvalue weighted by Gasteiger charge is -2.25. The van der Waals surface area contributed by atoms with E-state index in [4.69, 9.17) is 13.9 Å². The number of ketones is 1. The normalized spacial score (nSPS) is 17.5. The van der Waals surface area contributed by atoms with Gasteiger partial charge in [0.2, 0.25) is 0 Å². The second-order valence-corrected chi connectivity index (χ2v) is 8.90. The molecule has 1 aromatic carbocycles. The van der Waals surface area contributed by atoms with Gasteiger partial charge in [0.05, 0.1) is 11.0 Å². The summed E-state index contributed by atoms with van der Waals surface area (Å²) in [7, 11) is 0. The van der Waals surface area contributed by atoms with Crippen LogP contribution in [0.2, 0.25) is 0 Å². The molecule has 0 amide bonds. The molecule has 0 spiro atoms. The molecule has 0 fully saturated rings. The Morgan fingerprint density at radius 3 is 2.47 bits per heavy atom. The standard InChI is InChI=1S/C24H30O8/c1-7-11(3)20(27)19-21(28)18-13(15(8-2)30-12(4)25)10-17(26)32-22(18)14-9-16(24(5,6)29)31-23(14)19/h10-11,15-16,28-29H,7-9H2,1-6H3/t11-,15+,16?/m0/s1. The lowest BCUT2D eigenvalue weighted by Crippen LogP contribution is -2.39. The van der Waals surface area contributed by atoms with Crippen molar-refractivity contribution in [3.63, 3.8) is 0 Å². The molecule has 1 aliphatic heterocycles. The van der Waals surface area contributed by atoms with E-state index in [0.717, 1.165) is 0 Å². The molecule has 2 aromatic rings. The van der Waals surface area contributed by atoms with E-state index in [2.05, 4.69) is 0 Å². The molecule has 0 saturated carbocycles. The van der Waals surface area contributed by atoms with Crippen LogP contribution in [-0.4, -0.2) is 33.7 Å². The molecule has 0 aliphatic carbocycles. The maximum Gasteiger partial charge on any atom is 0.336 e. The Kier molecular flexibility index (Phi) is 6.38. The Hall–Kier alpha value is -2.87. The van der Waals surface area contributed by atoms with Gasteiger partial charge in [-0.05, 0) is 26.7 Å². The molecule has 0 radical (unpaired) electrons. The van der Waals surface area contributed by atoms with Gasteiger partial charge in [0.15, 0.2) is 5.78 Å². The van der Waals surface area contributed by atoms with Gasteiger partial charge in [-0.2, -0.15) is 0 Å². The van der Waals surface area contributed by atoms with Gasteiger partial charge in [0.25, 0.3) is 0 Å². The lowest BCUT2D eigenvalue weighted by atomic mass is 9.89. The second-order valence-electron chi connectivity index (χ2n) is 8.90. The van der Waals surface area contributed by atoms with E-state index in [1.165, 1.54) is 13.0 Å². The van der Waals surface area contributed by atoms with Crippen molar-refractivity contribution in [1.29, 1.82) is 0 Å². The Balaban J connectivity index is 2.42. The average molecular weight is 446 g/mol. The van der Waals surface area contributed by atoms with E-state index >= 15 is 0 Å². The quantitative estimate of drug-likeness (QED) is 0.374. The fourth-order valence-corrected chi connectivity index (χ4v) is 4.01. The van der Waals surface area contributed by atoms with Crippen molar-refractivity contribution in [2.75, 3.05) is 0 Å². The van der Waals surface area contributed by atoms with Gasteiger partial charge in [-0.25, -0.2) is 4.79 Å². The van der Waals surface area contributed by atoms with Gasteiger partial charge in [-0.3, -0.25) is 9.59 Å². The van der Waals surface area contributed by atoms with Crippen LogP contribution >= 0.6 is 0 Å². The minimum absolute atomic E-state index is 0.0126. The van der Waals surface area contributed by atoms with Crippen molar-refractivity contribution in [2.24, 2.45) is 5.92 Å². The second kappa shape index (κ2) is 8.58. The minimum atomic E-state index is -1.25. The van der Waals surface area contributed by atoms with Crippen molar-refractivity contribution in [3.05, 3.63) is 33.2 Å². The van der Waals surface area contributed by atoms with Crippen LogP contribution in [0.1, 0.15) is 82.0 Å². The molecule has 8 heteroatoms. The van der Waals surface area contributed by atoms with E-state index < -0.39 is 35.3 Å². The van der Waals surface area contributed by atoms with Crippen molar-refractivity contribution >= 4 is 22.7 Å². The fraction of sp³-hybridized carbons (Fsp3) is 0.542. The average Bonchev–Trinajstić information content (AvgIpc) is 3.16. The van der Waals surface area contributed by atoms with Gasteiger partial charge >= 0.3 is 11.6 Å². The van der Waals surface area contributed by atoms with Gasteiger partial charge < -0.3 is 24.1 Å². The molecule has 0 bridgehead atoms. The van der Waals surface area contributed by atoms with E-state index in [1.54, 1.807) is 27.7 Å². The molecular formula is C24H30O8. The van der Waals surface area contributed by atoms with Gasteiger partial charge in [-0.1, -0.05) is 20.8 Å². The number of rotatable bonds is 7. The van der Waals surface area contributed by atoms with Crippen molar-refractivity contribution in [1.82, 2.24) is 0 Å². The molecule has 2 heterocycles. The van der Waals surface area contributed by atoms with Crippen LogP contribution < -0.4 is 10.4 Å². The molecule has 32 heavy (non-hydrogen) atoms. The third kappa shape index (κ3) is 4.11. The molecule has 1 unspecified atom stereocenters. The lowest BCUT2D eigenvalue weighted by molar-refractivity contribution is -0.146. The number of Topliss-reactive ketones (excluding diaryl/α,β-unsaturated/α-hetero) is 1. The molecule has 2 N–H and O–H groups in total. The van der Waals surface area contributed by atoms with Crippen molar-refractivity contribution in [2.45, 2.75) is 78.6 Å². The number of aliphatic hydroxyl groups is 1. The number of phenolic OH excluding ortho intramolecular Hbond substituents is 1. The van der Waals surface area contributed by atoms with Crippen LogP contribution in [-0.2, 0) is 16.0 Å². The van der Waals surface area contributed by atoms with Crippen LogP contribution in [0.5, 0.6) is 11.5 Å². The van der Waals surface area contributed by atoms with E-state index in [-0.39, 0.29) is 45.8 Å². The molecular weight excluding hydrogens is 416 g/mol. The zero-order chi connectivity index (χ0) is 24.0. The Bertz CT molecular complexity index is 1120. The van der Waals surface area contributed by atoms with E-state index in [1.807, 2.05) is 6.92 Å². The highest BCUT2D eigenvalue weighted by Crippen LogP contribution is 2.48. The highest BCUT2D eigenvalue weighted by molar-refractivity contribution is 6.09. The molecule has 3 rings (SSSR count). The van der Waals surface area contributed by atoms with Crippen LogP contribution in [0, 0.1) is 5.92 Å². The zero-order valence-corrected chi connectivity index (χ0v) is 19.3. The monoisotopic (exact) mass is 446 g/mol. The number of ether oxygens (including phenoxy) is 2. The first-order valence-electron chi connectivity index (χ1n) is 10.9. The fourth-order valence-electron chi connectivity index (χ4n) is 4.01. The smallest absolute Gasteiger partial charge is 0.336 e. The maximum absolute atomic E-state index is 13.3. The highest BCUT2D eigenvalue weighted by Gasteiger charge is 2.41. The summed E-state index contributed by atoms with van der Waals surface area (Å²) in [5, 5.41) is 22.0. The summed E-state index contributed by atoms with van der Waals surface area (Å²) in [6, 6.07) is 1.17. The zero-order valence-electron chi connectivity index (χ0n) is 19.3. The molecule has 3 atom stereocenters. The highest BCUT2D eigenvalue weighted by atomic mass is 16.5. The van der Waals surface area contributed by atoms with Gasteiger partial charge in [-0.15, -0.1) is 0 Å². The molecule has 174 valence electrons. The van der Waals surface area contributed by atoms with Gasteiger partial charge in [0.1, 0.15) is 34.9 Å². The third-order valence-corrected chi connectivity index (χ3v) is 6.01. The summed E-state index contributed by atoms with van der Waals surface area (Å²) < 4.78 is 16.8. The number of benzene rings is 1. The number of fused-ring (bicyclic) bond motifs is 3. The minimum Gasteiger partial charge on any atom is -0.506 e. The number of carbonyl (C=O) groups excluding carboxylic acids is 2. The number of esters is 1. The first kappa shape index (κ1) is 23.8. The van der Waals surface area contributed by atoms with E-state index in [0.29, 0.717) is 18.4 Å².